The van der Waals surface area contributed by atoms with Crippen molar-refractivity contribution in [2.75, 3.05) is 32.0 Å². The van der Waals surface area contributed by atoms with Crippen molar-refractivity contribution in [2.24, 2.45) is 5.92 Å². The van der Waals surface area contributed by atoms with Gasteiger partial charge in [-0.2, -0.15) is 0 Å². The number of piperidine rings is 1. The molecule has 104 valence electrons. The molecule has 1 aliphatic heterocycles. The van der Waals surface area contributed by atoms with Gasteiger partial charge in [0.25, 0.3) is 0 Å². The number of nitrogens with zero attached hydrogens (tertiary/aromatic N) is 1. The van der Waals surface area contributed by atoms with Crippen LogP contribution in [0.5, 0.6) is 0 Å². The fourth-order valence-corrected chi connectivity index (χ4v) is 2.24. The van der Waals surface area contributed by atoms with E-state index in [-0.39, 0.29) is 11.8 Å². The Hall–Kier alpha value is -1.62. The molecule has 2 rings (SSSR count). The Labute approximate surface area is 113 Å². The maximum atomic E-state index is 13.0. The summed E-state index contributed by atoms with van der Waals surface area (Å²) in [6.45, 7) is 2.84. The molecule has 1 fully saturated rings. The number of anilines is 1. The van der Waals surface area contributed by atoms with E-state index >= 15 is 0 Å². The standard InChI is InChI=1S/C14H20FN3O/c1-18-7-5-11(6-8-18)10-16-14(19)17-13-4-2-3-12(15)9-13/h2-4,9,11H,5-8,10H2,1H3,(H2,16,17,19). The zero-order valence-electron chi connectivity index (χ0n) is 11.2. The van der Waals surface area contributed by atoms with E-state index in [9.17, 15) is 9.18 Å². The SMILES string of the molecule is CN1CCC(CNC(=O)Nc2cccc(F)c2)CC1. The van der Waals surface area contributed by atoms with Gasteiger partial charge in [-0.25, -0.2) is 9.18 Å². The van der Waals surface area contributed by atoms with Crippen molar-refractivity contribution in [1.82, 2.24) is 10.2 Å². The second-order valence-corrected chi connectivity index (χ2v) is 5.09. The molecule has 4 nitrogen and oxygen atoms in total. The van der Waals surface area contributed by atoms with Gasteiger partial charge < -0.3 is 15.5 Å². The van der Waals surface area contributed by atoms with E-state index in [0.717, 1.165) is 25.9 Å². The number of rotatable bonds is 3. The van der Waals surface area contributed by atoms with Gasteiger partial charge in [0.15, 0.2) is 0 Å². The molecule has 1 aromatic carbocycles. The summed E-state index contributed by atoms with van der Waals surface area (Å²) in [6.07, 6.45) is 2.22. The van der Waals surface area contributed by atoms with E-state index < -0.39 is 0 Å². The molecule has 0 aliphatic carbocycles. The lowest BCUT2D eigenvalue weighted by atomic mass is 9.97. The molecule has 0 bridgehead atoms. The van der Waals surface area contributed by atoms with Crippen molar-refractivity contribution in [3.05, 3.63) is 30.1 Å². The summed E-state index contributed by atoms with van der Waals surface area (Å²) in [5.74, 6) is 0.183. The Kier molecular flexibility index (Phi) is 4.74. The highest BCUT2D eigenvalue weighted by atomic mass is 19.1. The van der Waals surface area contributed by atoms with E-state index in [1.165, 1.54) is 12.1 Å². The van der Waals surface area contributed by atoms with E-state index in [0.29, 0.717) is 18.2 Å². The van der Waals surface area contributed by atoms with Crippen LogP contribution in [0.3, 0.4) is 0 Å². The number of urea groups is 1. The molecule has 0 unspecified atom stereocenters. The maximum absolute atomic E-state index is 13.0. The van der Waals surface area contributed by atoms with Crippen LogP contribution in [0.4, 0.5) is 14.9 Å². The van der Waals surface area contributed by atoms with Crippen LogP contribution in [0, 0.1) is 11.7 Å². The van der Waals surface area contributed by atoms with E-state index in [1.54, 1.807) is 12.1 Å². The molecule has 1 aromatic rings. The number of carbonyl (C=O) groups is 1. The number of hydrogen-bond acceptors (Lipinski definition) is 2. The predicted octanol–water partition coefficient (Wildman–Crippen LogP) is 2.29. The molecule has 5 heteroatoms. The molecule has 1 heterocycles. The zero-order valence-corrected chi connectivity index (χ0v) is 11.2. The first-order valence-corrected chi connectivity index (χ1v) is 6.62. The van der Waals surface area contributed by atoms with Crippen LogP contribution in [-0.2, 0) is 0 Å². The second-order valence-electron chi connectivity index (χ2n) is 5.09. The van der Waals surface area contributed by atoms with Crippen molar-refractivity contribution in [3.8, 4) is 0 Å². The minimum absolute atomic E-state index is 0.274. The number of amides is 2. The number of hydrogen-bond donors (Lipinski definition) is 2. The van der Waals surface area contributed by atoms with E-state index in [4.69, 9.17) is 0 Å². The fraction of sp³-hybridized carbons (Fsp3) is 0.500. The summed E-state index contributed by atoms with van der Waals surface area (Å²) in [6, 6.07) is 5.61. The van der Waals surface area contributed by atoms with Crippen LogP contribution in [0.1, 0.15) is 12.8 Å². The van der Waals surface area contributed by atoms with Crippen molar-refractivity contribution in [2.45, 2.75) is 12.8 Å². The molecule has 1 aliphatic rings. The molecule has 0 spiro atoms. The lowest BCUT2D eigenvalue weighted by molar-refractivity contribution is 0.213. The van der Waals surface area contributed by atoms with Crippen LogP contribution >= 0.6 is 0 Å². The smallest absolute Gasteiger partial charge is 0.319 e. The monoisotopic (exact) mass is 265 g/mol. The summed E-state index contributed by atoms with van der Waals surface area (Å²) >= 11 is 0. The maximum Gasteiger partial charge on any atom is 0.319 e. The van der Waals surface area contributed by atoms with Gasteiger partial charge in [-0.15, -0.1) is 0 Å². The molecular formula is C14H20FN3O. The average Bonchev–Trinajstić information content (AvgIpc) is 2.38. The highest BCUT2D eigenvalue weighted by molar-refractivity contribution is 5.89. The molecule has 19 heavy (non-hydrogen) atoms. The number of benzene rings is 1. The van der Waals surface area contributed by atoms with Crippen molar-refractivity contribution < 1.29 is 9.18 Å². The Bertz CT molecular complexity index is 430. The van der Waals surface area contributed by atoms with E-state index in [2.05, 4.69) is 22.6 Å². The first kappa shape index (κ1) is 13.8. The van der Waals surface area contributed by atoms with Gasteiger partial charge in [-0.1, -0.05) is 6.07 Å². The summed E-state index contributed by atoms with van der Waals surface area (Å²) in [4.78, 5) is 14.0. The fourth-order valence-electron chi connectivity index (χ4n) is 2.24. The lowest BCUT2D eigenvalue weighted by Crippen LogP contribution is -2.38. The summed E-state index contributed by atoms with van der Waals surface area (Å²) in [7, 11) is 2.11. The molecule has 2 amide bonds. The zero-order chi connectivity index (χ0) is 13.7. The normalized spacial score (nSPS) is 17.2. The highest BCUT2D eigenvalue weighted by Gasteiger charge is 2.17. The minimum Gasteiger partial charge on any atom is -0.338 e. The van der Waals surface area contributed by atoms with E-state index in [1.807, 2.05) is 0 Å². The minimum atomic E-state index is -0.354. The Balaban J connectivity index is 1.73. The van der Waals surface area contributed by atoms with Crippen molar-refractivity contribution >= 4 is 11.7 Å². The Morgan fingerprint density at radius 3 is 2.84 bits per heavy atom. The second kappa shape index (κ2) is 6.52. The topological polar surface area (TPSA) is 44.4 Å². The highest BCUT2D eigenvalue weighted by Crippen LogP contribution is 2.15. The summed E-state index contributed by atoms with van der Waals surface area (Å²) in [5, 5.41) is 5.47. The Morgan fingerprint density at radius 2 is 2.16 bits per heavy atom. The van der Waals surface area contributed by atoms with Gasteiger partial charge in [0.1, 0.15) is 5.82 Å². The van der Waals surface area contributed by atoms with Gasteiger partial charge in [-0.3, -0.25) is 0 Å². The number of nitrogens with one attached hydrogen (secondary N) is 2. The van der Waals surface area contributed by atoms with Gasteiger partial charge in [0, 0.05) is 12.2 Å². The third-order valence-corrected chi connectivity index (χ3v) is 3.47. The van der Waals surface area contributed by atoms with Gasteiger partial charge in [0.05, 0.1) is 0 Å². The molecule has 0 saturated carbocycles. The van der Waals surface area contributed by atoms with Crippen molar-refractivity contribution in [1.29, 1.82) is 0 Å². The third-order valence-electron chi connectivity index (χ3n) is 3.47. The van der Waals surface area contributed by atoms with Crippen LogP contribution in [0.15, 0.2) is 24.3 Å². The molecule has 0 aromatic heterocycles. The quantitative estimate of drug-likeness (QED) is 0.880. The van der Waals surface area contributed by atoms with Crippen molar-refractivity contribution in [3.63, 3.8) is 0 Å². The Morgan fingerprint density at radius 1 is 1.42 bits per heavy atom. The molecule has 0 radical (unpaired) electrons. The van der Waals surface area contributed by atoms with Crippen LogP contribution in [-0.4, -0.2) is 37.6 Å². The predicted molar refractivity (Wildman–Crippen MR) is 73.6 cm³/mol. The number of carbonyl (C=O) groups excluding carboxylic acids is 1. The first-order chi connectivity index (χ1) is 9.13. The molecule has 1 saturated heterocycles. The lowest BCUT2D eigenvalue weighted by Gasteiger charge is -2.28. The van der Waals surface area contributed by atoms with Gasteiger partial charge >= 0.3 is 6.03 Å². The van der Waals surface area contributed by atoms with Crippen LogP contribution < -0.4 is 10.6 Å². The number of halogens is 1. The molecular weight excluding hydrogens is 245 g/mol. The van der Waals surface area contributed by atoms with Crippen LogP contribution in [0.25, 0.3) is 0 Å². The first-order valence-electron chi connectivity index (χ1n) is 6.62. The van der Waals surface area contributed by atoms with Crippen LogP contribution in [0.2, 0.25) is 0 Å². The largest absolute Gasteiger partial charge is 0.338 e. The van der Waals surface area contributed by atoms with Gasteiger partial charge in [-0.05, 0) is 57.1 Å². The summed E-state index contributed by atoms with van der Waals surface area (Å²) < 4.78 is 13.0. The average molecular weight is 265 g/mol. The molecule has 2 N–H and O–H groups in total. The third kappa shape index (κ3) is 4.52. The number of likely N-dealkylation sites (tertiary alicyclic amines) is 1. The molecule has 0 atom stereocenters. The van der Waals surface area contributed by atoms with Gasteiger partial charge in [0.2, 0.25) is 0 Å². The summed E-state index contributed by atoms with van der Waals surface area (Å²) in [5.41, 5.74) is 0.473.